The Hall–Kier alpha value is -0.650. The van der Waals surface area contributed by atoms with Gasteiger partial charge in [0.15, 0.2) is 25.3 Å². The standard InChI is InChI=1S/C7H8O5.C2H6/c8-4-1-3-5(12-4)6-7(11-3)10-2-9-6;1-2/h3,5-7H,1-2H2;1-2H3. The van der Waals surface area contributed by atoms with Crippen molar-refractivity contribution in [3.05, 3.63) is 0 Å². The largest absolute Gasteiger partial charge is 0.456 e. The molecule has 80 valence electrons. The summed E-state index contributed by atoms with van der Waals surface area (Å²) in [5.41, 5.74) is 0. The predicted molar refractivity (Wildman–Crippen MR) is 45.3 cm³/mol. The Bertz CT molecular complexity index is 229. The van der Waals surface area contributed by atoms with Gasteiger partial charge < -0.3 is 18.9 Å². The van der Waals surface area contributed by atoms with Crippen LogP contribution in [0.4, 0.5) is 0 Å². The van der Waals surface area contributed by atoms with E-state index in [2.05, 4.69) is 0 Å². The molecule has 0 aromatic heterocycles. The molecule has 0 saturated carbocycles. The highest BCUT2D eigenvalue weighted by atomic mass is 16.8. The normalized spacial score (nSPS) is 43.7. The van der Waals surface area contributed by atoms with Crippen LogP contribution >= 0.6 is 0 Å². The number of hydrogen-bond donors (Lipinski definition) is 0. The number of carbonyl (C=O) groups is 1. The van der Waals surface area contributed by atoms with E-state index in [9.17, 15) is 4.79 Å². The van der Waals surface area contributed by atoms with Crippen molar-refractivity contribution in [3.8, 4) is 0 Å². The summed E-state index contributed by atoms with van der Waals surface area (Å²) in [5, 5.41) is 0. The molecule has 0 bridgehead atoms. The first-order valence-corrected chi connectivity index (χ1v) is 4.93. The van der Waals surface area contributed by atoms with Crippen LogP contribution < -0.4 is 0 Å². The maximum atomic E-state index is 10.8. The van der Waals surface area contributed by atoms with Crippen molar-refractivity contribution in [2.75, 3.05) is 6.79 Å². The van der Waals surface area contributed by atoms with Gasteiger partial charge in [0.2, 0.25) is 0 Å². The van der Waals surface area contributed by atoms with Crippen molar-refractivity contribution in [2.45, 2.75) is 44.9 Å². The van der Waals surface area contributed by atoms with Crippen LogP contribution in [0.2, 0.25) is 0 Å². The minimum Gasteiger partial charge on any atom is -0.456 e. The summed E-state index contributed by atoms with van der Waals surface area (Å²) in [7, 11) is 0. The van der Waals surface area contributed by atoms with E-state index in [0.717, 1.165) is 0 Å². The Labute approximate surface area is 82.3 Å². The van der Waals surface area contributed by atoms with Crippen LogP contribution in [0.1, 0.15) is 20.3 Å². The van der Waals surface area contributed by atoms with Crippen molar-refractivity contribution in [2.24, 2.45) is 0 Å². The maximum absolute atomic E-state index is 10.8. The van der Waals surface area contributed by atoms with Crippen molar-refractivity contribution >= 4 is 5.97 Å². The highest BCUT2D eigenvalue weighted by Gasteiger charge is 2.55. The van der Waals surface area contributed by atoms with E-state index >= 15 is 0 Å². The first-order valence-electron chi connectivity index (χ1n) is 4.93. The molecule has 4 unspecified atom stereocenters. The second-order valence-electron chi connectivity index (χ2n) is 3.12. The van der Waals surface area contributed by atoms with E-state index in [4.69, 9.17) is 18.9 Å². The highest BCUT2D eigenvalue weighted by molar-refractivity contribution is 5.72. The Morgan fingerprint density at radius 3 is 2.79 bits per heavy atom. The maximum Gasteiger partial charge on any atom is 0.309 e. The Kier molecular flexibility index (Phi) is 2.71. The van der Waals surface area contributed by atoms with E-state index in [1.807, 2.05) is 13.8 Å². The summed E-state index contributed by atoms with van der Waals surface area (Å²) >= 11 is 0. The zero-order chi connectivity index (χ0) is 10.1. The molecule has 0 radical (unpaired) electrons. The van der Waals surface area contributed by atoms with Gasteiger partial charge in [0.25, 0.3) is 0 Å². The first kappa shape index (κ1) is 9.89. The topological polar surface area (TPSA) is 54.0 Å². The van der Waals surface area contributed by atoms with Crippen LogP contribution in [0, 0.1) is 0 Å². The fourth-order valence-electron chi connectivity index (χ4n) is 1.86. The summed E-state index contributed by atoms with van der Waals surface area (Å²) in [6.07, 6.45) is -0.614. The second kappa shape index (κ2) is 3.84. The Morgan fingerprint density at radius 1 is 1.21 bits per heavy atom. The van der Waals surface area contributed by atoms with Gasteiger partial charge in [-0.15, -0.1) is 0 Å². The van der Waals surface area contributed by atoms with Gasteiger partial charge in [-0.25, -0.2) is 0 Å². The number of rotatable bonds is 0. The number of fused-ring (bicyclic) bond motifs is 3. The van der Waals surface area contributed by atoms with Crippen LogP contribution in [0.5, 0.6) is 0 Å². The lowest BCUT2D eigenvalue weighted by Gasteiger charge is -2.10. The lowest BCUT2D eigenvalue weighted by molar-refractivity contribution is -0.145. The Morgan fingerprint density at radius 2 is 2.00 bits per heavy atom. The quantitative estimate of drug-likeness (QED) is 0.533. The van der Waals surface area contributed by atoms with E-state index in [1.54, 1.807) is 0 Å². The molecule has 0 aromatic rings. The summed E-state index contributed by atoms with van der Waals surface area (Å²) in [5.74, 6) is -0.209. The molecule has 5 nitrogen and oxygen atoms in total. The number of ether oxygens (including phenoxy) is 4. The smallest absolute Gasteiger partial charge is 0.309 e. The number of hydrogen-bond acceptors (Lipinski definition) is 5. The molecule has 3 saturated heterocycles. The highest BCUT2D eigenvalue weighted by Crippen LogP contribution is 2.36. The minimum absolute atomic E-state index is 0.159. The average molecular weight is 202 g/mol. The van der Waals surface area contributed by atoms with E-state index in [-0.39, 0.29) is 37.4 Å². The molecule has 3 aliphatic rings. The molecule has 3 aliphatic heterocycles. The molecule has 3 heterocycles. The molecule has 4 atom stereocenters. The third kappa shape index (κ3) is 1.41. The minimum atomic E-state index is -0.326. The lowest BCUT2D eigenvalue weighted by atomic mass is 10.1. The lowest BCUT2D eigenvalue weighted by Crippen LogP contribution is -2.30. The van der Waals surface area contributed by atoms with Crippen molar-refractivity contribution in [1.82, 2.24) is 0 Å². The molecule has 3 rings (SSSR count). The van der Waals surface area contributed by atoms with Crippen molar-refractivity contribution in [1.29, 1.82) is 0 Å². The van der Waals surface area contributed by atoms with Crippen molar-refractivity contribution in [3.63, 3.8) is 0 Å². The third-order valence-electron chi connectivity index (χ3n) is 2.40. The Balaban J connectivity index is 0.000000354. The average Bonchev–Trinajstić information content (AvgIpc) is 2.80. The van der Waals surface area contributed by atoms with E-state index in [1.165, 1.54) is 0 Å². The predicted octanol–water partition coefficient (Wildman–Crippen LogP) is 0.426. The molecule has 0 spiro atoms. The number of carbonyl (C=O) groups excluding carboxylic acids is 1. The van der Waals surface area contributed by atoms with E-state index in [0.29, 0.717) is 6.42 Å². The monoisotopic (exact) mass is 202 g/mol. The third-order valence-corrected chi connectivity index (χ3v) is 2.40. The van der Waals surface area contributed by atoms with Gasteiger partial charge in [0, 0.05) is 0 Å². The molecule has 0 N–H and O–H groups in total. The van der Waals surface area contributed by atoms with Gasteiger partial charge in [0.05, 0.1) is 6.42 Å². The summed E-state index contributed by atoms with van der Waals surface area (Å²) in [6, 6.07) is 0. The van der Waals surface area contributed by atoms with Gasteiger partial charge >= 0.3 is 5.97 Å². The summed E-state index contributed by atoms with van der Waals surface area (Å²) in [4.78, 5) is 10.8. The first-order chi connectivity index (χ1) is 6.84. The SMILES string of the molecule is CC.O=C1CC2OC3OCOC3C2O1. The molecular weight excluding hydrogens is 188 g/mol. The molecule has 5 heteroatoms. The van der Waals surface area contributed by atoms with Crippen LogP contribution in [-0.4, -0.2) is 37.4 Å². The van der Waals surface area contributed by atoms with E-state index < -0.39 is 0 Å². The van der Waals surface area contributed by atoms with Gasteiger partial charge in [-0.1, -0.05) is 13.8 Å². The number of esters is 1. The molecule has 3 fully saturated rings. The zero-order valence-electron chi connectivity index (χ0n) is 8.26. The molecule has 0 aliphatic carbocycles. The molecule has 0 aromatic carbocycles. The van der Waals surface area contributed by atoms with Gasteiger partial charge in [-0.05, 0) is 0 Å². The second-order valence-corrected chi connectivity index (χ2v) is 3.12. The fourth-order valence-corrected chi connectivity index (χ4v) is 1.86. The summed E-state index contributed by atoms with van der Waals surface area (Å²) in [6.45, 7) is 4.23. The van der Waals surface area contributed by atoms with Crippen LogP contribution in [0.3, 0.4) is 0 Å². The van der Waals surface area contributed by atoms with Crippen LogP contribution in [0.15, 0.2) is 0 Å². The van der Waals surface area contributed by atoms with Crippen LogP contribution in [0.25, 0.3) is 0 Å². The van der Waals surface area contributed by atoms with Gasteiger partial charge in [-0.2, -0.15) is 0 Å². The van der Waals surface area contributed by atoms with Gasteiger partial charge in [0.1, 0.15) is 6.10 Å². The zero-order valence-corrected chi connectivity index (χ0v) is 8.26. The molecular formula is C9H14O5. The van der Waals surface area contributed by atoms with Gasteiger partial charge in [-0.3, -0.25) is 4.79 Å². The van der Waals surface area contributed by atoms with Crippen LogP contribution in [-0.2, 0) is 23.7 Å². The fraction of sp³-hybridized carbons (Fsp3) is 0.889. The van der Waals surface area contributed by atoms with Crippen molar-refractivity contribution < 1.29 is 23.7 Å². The summed E-state index contributed by atoms with van der Waals surface area (Å²) < 4.78 is 20.7. The molecule has 0 amide bonds. The molecule has 14 heavy (non-hydrogen) atoms.